The van der Waals surface area contributed by atoms with Gasteiger partial charge in [-0.1, -0.05) is 0 Å². The SMILES string of the molecule is Cc1cnn(C)c1-c1ccc(OCC2CC3CN(CC45CC6CC(CC(C6)C4)C5)C[C@H]3C2)nn1. The Morgan fingerprint density at radius 1 is 0.941 bits per heavy atom. The lowest BCUT2D eigenvalue weighted by molar-refractivity contribution is -0.0674. The highest BCUT2D eigenvalue weighted by atomic mass is 16.5. The van der Waals surface area contributed by atoms with E-state index in [0.29, 0.717) is 17.2 Å². The van der Waals surface area contributed by atoms with E-state index in [1.54, 1.807) is 38.5 Å². The lowest BCUT2D eigenvalue weighted by Crippen LogP contribution is -2.51. The highest BCUT2D eigenvalue weighted by molar-refractivity contribution is 5.58. The summed E-state index contributed by atoms with van der Waals surface area (Å²) in [6.45, 7) is 6.90. The minimum absolute atomic E-state index is 0.643. The zero-order valence-electron chi connectivity index (χ0n) is 20.8. The van der Waals surface area contributed by atoms with Crippen molar-refractivity contribution in [3.63, 3.8) is 0 Å². The number of likely N-dealkylation sites (tertiary alicyclic amines) is 1. The highest BCUT2D eigenvalue weighted by Gasteiger charge is 2.52. The van der Waals surface area contributed by atoms with Gasteiger partial charge in [-0.2, -0.15) is 5.10 Å². The predicted molar refractivity (Wildman–Crippen MR) is 131 cm³/mol. The normalized spacial score (nSPS) is 38.5. The van der Waals surface area contributed by atoms with Gasteiger partial charge in [0.2, 0.25) is 5.88 Å². The van der Waals surface area contributed by atoms with Gasteiger partial charge in [0, 0.05) is 32.7 Å². The van der Waals surface area contributed by atoms with Gasteiger partial charge in [0.25, 0.3) is 0 Å². The summed E-state index contributed by atoms with van der Waals surface area (Å²) in [4.78, 5) is 2.88. The molecule has 0 amide bonds. The van der Waals surface area contributed by atoms with E-state index in [0.717, 1.165) is 53.1 Å². The van der Waals surface area contributed by atoms with Crippen molar-refractivity contribution in [1.29, 1.82) is 0 Å². The van der Waals surface area contributed by atoms with Crippen molar-refractivity contribution >= 4 is 0 Å². The van der Waals surface area contributed by atoms with Crippen molar-refractivity contribution in [2.24, 2.45) is 48.0 Å². The molecule has 8 rings (SSSR count). The summed E-state index contributed by atoms with van der Waals surface area (Å²) in [5.41, 5.74) is 3.66. The summed E-state index contributed by atoms with van der Waals surface area (Å²) in [6.07, 6.45) is 13.8. The summed E-state index contributed by atoms with van der Waals surface area (Å²) in [6, 6.07) is 3.95. The maximum atomic E-state index is 6.10. The number of nitrogens with zero attached hydrogens (tertiary/aromatic N) is 5. The van der Waals surface area contributed by atoms with Gasteiger partial charge in [0.15, 0.2) is 0 Å². The Hall–Kier alpha value is -1.95. The Kier molecular flexibility index (Phi) is 5.05. The smallest absolute Gasteiger partial charge is 0.233 e. The Bertz CT molecular complexity index is 977. The molecule has 4 bridgehead atoms. The van der Waals surface area contributed by atoms with Crippen LogP contribution in [0.2, 0.25) is 0 Å². The van der Waals surface area contributed by atoms with Crippen LogP contribution >= 0.6 is 0 Å². The first-order chi connectivity index (χ1) is 16.5. The van der Waals surface area contributed by atoms with E-state index < -0.39 is 0 Å². The average Bonchev–Trinajstić information content (AvgIpc) is 3.44. The molecule has 3 heterocycles. The molecule has 2 unspecified atom stereocenters. The van der Waals surface area contributed by atoms with Gasteiger partial charge >= 0.3 is 0 Å². The molecular weight excluding hydrogens is 422 g/mol. The number of aryl methyl sites for hydroxylation is 2. The van der Waals surface area contributed by atoms with Crippen molar-refractivity contribution < 1.29 is 4.74 Å². The van der Waals surface area contributed by atoms with Crippen LogP contribution in [0, 0.1) is 47.8 Å². The Morgan fingerprint density at radius 3 is 2.18 bits per heavy atom. The van der Waals surface area contributed by atoms with Crippen molar-refractivity contribution in [2.45, 2.75) is 58.3 Å². The fourth-order valence-electron chi connectivity index (χ4n) is 9.39. The van der Waals surface area contributed by atoms with Crippen LogP contribution in [0.4, 0.5) is 0 Å². The van der Waals surface area contributed by atoms with Crippen molar-refractivity contribution in [1.82, 2.24) is 24.9 Å². The minimum atomic E-state index is 0.643. The topological polar surface area (TPSA) is 56.1 Å². The second-order valence-corrected chi connectivity index (χ2v) is 12.8. The Morgan fingerprint density at radius 2 is 1.62 bits per heavy atom. The number of hydrogen-bond donors (Lipinski definition) is 0. The highest BCUT2D eigenvalue weighted by Crippen LogP contribution is 2.60. The largest absolute Gasteiger partial charge is 0.476 e. The Balaban J connectivity index is 0.911. The lowest BCUT2D eigenvalue weighted by Gasteiger charge is -2.57. The number of aromatic nitrogens is 4. The third-order valence-corrected chi connectivity index (χ3v) is 10.1. The number of rotatable bonds is 6. The molecule has 182 valence electrons. The maximum absolute atomic E-state index is 6.10. The van der Waals surface area contributed by atoms with E-state index in [4.69, 9.17) is 4.74 Å². The zero-order chi connectivity index (χ0) is 22.9. The molecule has 2 aromatic rings. The van der Waals surface area contributed by atoms with E-state index in [2.05, 4.69) is 27.1 Å². The molecule has 6 aliphatic rings. The summed E-state index contributed by atoms with van der Waals surface area (Å²) < 4.78 is 7.95. The second kappa shape index (κ2) is 8.04. The number of hydrogen-bond acceptors (Lipinski definition) is 5. The van der Waals surface area contributed by atoms with Gasteiger partial charge in [0.05, 0.1) is 18.5 Å². The summed E-state index contributed by atoms with van der Waals surface area (Å²) >= 11 is 0. The third-order valence-electron chi connectivity index (χ3n) is 10.1. The molecule has 1 saturated heterocycles. The second-order valence-electron chi connectivity index (χ2n) is 12.8. The van der Waals surface area contributed by atoms with E-state index in [-0.39, 0.29) is 0 Å². The Labute approximate surface area is 203 Å². The fourth-order valence-corrected chi connectivity index (χ4v) is 9.39. The van der Waals surface area contributed by atoms with Crippen LogP contribution in [0.3, 0.4) is 0 Å². The molecular formula is C28H39N5O. The monoisotopic (exact) mass is 461 g/mol. The fraction of sp³-hybridized carbons (Fsp3) is 0.750. The first kappa shape index (κ1) is 21.3. The average molecular weight is 462 g/mol. The van der Waals surface area contributed by atoms with Crippen molar-refractivity contribution in [2.75, 3.05) is 26.2 Å². The van der Waals surface area contributed by atoms with E-state index in [9.17, 15) is 0 Å². The van der Waals surface area contributed by atoms with Crippen molar-refractivity contribution in [3.05, 3.63) is 23.9 Å². The minimum Gasteiger partial charge on any atom is -0.476 e. The van der Waals surface area contributed by atoms with Crippen LogP contribution in [0.15, 0.2) is 18.3 Å². The lowest BCUT2D eigenvalue weighted by atomic mass is 9.49. The number of ether oxygens (including phenoxy) is 1. The summed E-state index contributed by atoms with van der Waals surface area (Å²) in [7, 11) is 1.94. The number of fused-ring (bicyclic) bond motifs is 1. The van der Waals surface area contributed by atoms with E-state index >= 15 is 0 Å². The van der Waals surface area contributed by atoms with Gasteiger partial charge < -0.3 is 9.64 Å². The molecule has 5 aliphatic carbocycles. The molecule has 34 heavy (non-hydrogen) atoms. The maximum Gasteiger partial charge on any atom is 0.233 e. The molecule has 0 aromatic carbocycles. The van der Waals surface area contributed by atoms with E-state index in [1.165, 1.54) is 32.5 Å². The first-order valence-corrected chi connectivity index (χ1v) is 13.7. The molecule has 2 aromatic heterocycles. The third kappa shape index (κ3) is 3.77. The quantitative estimate of drug-likeness (QED) is 0.622. The van der Waals surface area contributed by atoms with Gasteiger partial charge in [-0.05, 0) is 111 Å². The molecule has 0 N–H and O–H groups in total. The molecule has 0 spiro atoms. The van der Waals surface area contributed by atoms with Crippen LogP contribution in [-0.2, 0) is 7.05 Å². The van der Waals surface area contributed by atoms with Crippen LogP contribution < -0.4 is 4.74 Å². The van der Waals surface area contributed by atoms with Gasteiger partial charge in [-0.3, -0.25) is 4.68 Å². The standard InChI is InChI=1S/C28H39N5O/c1-18-13-29-32(2)27(18)25-3-4-26(31-30-25)34-16-22-8-23-14-33(15-24(23)9-22)17-28-10-19-5-20(11-28)7-21(6-19)12-28/h3-4,13,19-24H,5-12,14-17H2,1-2H3/t19?,20?,21?,22?,23-,24?,28?/m1/s1. The zero-order valence-corrected chi connectivity index (χ0v) is 20.8. The molecule has 3 atom stereocenters. The summed E-state index contributed by atoms with van der Waals surface area (Å²) in [5, 5.41) is 13.0. The van der Waals surface area contributed by atoms with Crippen LogP contribution in [0.5, 0.6) is 5.88 Å². The summed E-state index contributed by atoms with van der Waals surface area (Å²) in [5.74, 6) is 6.27. The molecule has 6 nitrogen and oxygen atoms in total. The van der Waals surface area contributed by atoms with Crippen molar-refractivity contribution in [3.8, 4) is 17.3 Å². The van der Waals surface area contributed by atoms with Gasteiger partial charge in [0.1, 0.15) is 5.69 Å². The van der Waals surface area contributed by atoms with Crippen LogP contribution in [0.1, 0.15) is 56.9 Å². The molecule has 5 saturated carbocycles. The van der Waals surface area contributed by atoms with E-state index in [1.807, 2.05) is 30.1 Å². The molecule has 6 fully saturated rings. The van der Waals surface area contributed by atoms with Gasteiger partial charge in [-0.25, -0.2) is 0 Å². The molecule has 1 aliphatic heterocycles. The first-order valence-electron chi connectivity index (χ1n) is 13.7. The van der Waals surface area contributed by atoms with Gasteiger partial charge in [-0.15, -0.1) is 10.2 Å². The molecule has 6 heteroatoms. The van der Waals surface area contributed by atoms with Crippen LogP contribution in [-0.4, -0.2) is 51.1 Å². The molecule has 0 radical (unpaired) electrons. The predicted octanol–water partition coefficient (Wildman–Crippen LogP) is 4.74. The van der Waals surface area contributed by atoms with Crippen LogP contribution in [0.25, 0.3) is 11.4 Å².